The van der Waals surface area contributed by atoms with Gasteiger partial charge in [-0.2, -0.15) is 0 Å². The molecule has 98 valence electrons. The number of esters is 1. The first-order chi connectivity index (χ1) is 8.58. The lowest BCUT2D eigenvalue weighted by Crippen LogP contribution is -2.12. The fourth-order valence-electron chi connectivity index (χ4n) is 1.14. The summed E-state index contributed by atoms with van der Waals surface area (Å²) >= 11 is 0. The molecule has 0 aromatic heterocycles. The van der Waals surface area contributed by atoms with Crippen LogP contribution in [-0.4, -0.2) is 30.3 Å². The second-order valence-electron chi connectivity index (χ2n) is 3.53. The van der Waals surface area contributed by atoms with Gasteiger partial charge in [-0.1, -0.05) is 0 Å². The molecular weight excluding hydrogens is 238 g/mol. The van der Waals surface area contributed by atoms with Crippen molar-refractivity contribution in [1.82, 2.24) is 0 Å². The Morgan fingerprint density at radius 3 is 2.39 bits per heavy atom. The number of hydrogen-bond donors (Lipinski definition) is 2. The zero-order valence-corrected chi connectivity index (χ0v) is 9.80. The van der Waals surface area contributed by atoms with Gasteiger partial charge in [-0.25, -0.2) is 0 Å². The van der Waals surface area contributed by atoms with Crippen molar-refractivity contribution in [3.8, 4) is 5.75 Å². The van der Waals surface area contributed by atoms with Gasteiger partial charge in [0.2, 0.25) is 0 Å². The summed E-state index contributed by atoms with van der Waals surface area (Å²) in [6.45, 7) is 0.0614. The summed E-state index contributed by atoms with van der Waals surface area (Å²) in [7, 11) is 0. The van der Waals surface area contributed by atoms with Gasteiger partial charge in [-0.15, -0.1) is 0 Å². The molecule has 0 bridgehead atoms. The minimum atomic E-state index is -0.999. The van der Waals surface area contributed by atoms with Crippen LogP contribution >= 0.6 is 0 Å². The van der Waals surface area contributed by atoms with Gasteiger partial charge in [0.1, 0.15) is 12.4 Å². The highest BCUT2D eigenvalue weighted by Gasteiger charge is 2.05. The molecule has 0 unspecified atom stereocenters. The van der Waals surface area contributed by atoms with Crippen LogP contribution in [0.5, 0.6) is 5.75 Å². The molecule has 0 amide bonds. The first kappa shape index (κ1) is 13.8. The molecule has 1 aromatic carbocycles. The zero-order chi connectivity index (χ0) is 13.4. The molecule has 0 fully saturated rings. The molecule has 0 aliphatic rings. The predicted molar refractivity (Wildman–Crippen MR) is 64.2 cm³/mol. The highest BCUT2D eigenvalue weighted by Crippen LogP contribution is 2.13. The third-order valence-electron chi connectivity index (χ3n) is 2.03. The minimum absolute atomic E-state index is 0.0734. The van der Waals surface area contributed by atoms with Crippen LogP contribution in [-0.2, 0) is 14.3 Å². The van der Waals surface area contributed by atoms with Crippen molar-refractivity contribution in [3.63, 3.8) is 0 Å². The fraction of sp³-hybridized carbons (Fsp3) is 0.333. The smallest absolute Gasteiger partial charge is 0.309 e. The summed E-state index contributed by atoms with van der Waals surface area (Å²) in [4.78, 5) is 21.3. The van der Waals surface area contributed by atoms with Crippen molar-refractivity contribution in [1.29, 1.82) is 0 Å². The Morgan fingerprint density at radius 2 is 1.78 bits per heavy atom. The lowest BCUT2D eigenvalue weighted by molar-refractivity contribution is -0.146. The van der Waals surface area contributed by atoms with Gasteiger partial charge >= 0.3 is 11.9 Å². The molecule has 0 spiro atoms. The third kappa shape index (κ3) is 5.74. The monoisotopic (exact) mass is 253 g/mol. The van der Waals surface area contributed by atoms with E-state index in [2.05, 4.69) is 0 Å². The van der Waals surface area contributed by atoms with Gasteiger partial charge < -0.3 is 20.3 Å². The molecule has 1 rings (SSSR count). The highest BCUT2D eigenvalue weighted by atomic mass is 16.5. The van der Waals surface area contributed by atoms with Crippen molar-refractivity contribution in [3.05, 3.63) is 24.3 Å². The molecule has 0 saturated heterocycles. The zero-order valence-electron chi connectivity index (χ0n) is 9.80. The van der Waals surface area contributed by atoms with E-state index in [0.717, 1.165) is 0 Å². The number of carboxylic acids is 1. The number of nitrogens with two attached hydrogens (primary N) is 1. The third-order valence-corrected chi connectivity index (χ3v) is 2.03. The summed E-state index contributed by atoms with van der Waals surface area (Å²) in [5.41, 5.74) is 6.14. The summed E-state index contributed by atoms with van der Waals surface area (Å²) in [6.07, 6.45) is -0.117. The van der Waals surface area contributed by atoms with Crippen molar-refractivity contribution in [2.75, 3.05) is 18.9 Å². The van der Waals surface area contributed by atoms with Crippen molar-refractivity contribution < 1.29 is 24.2 Å². The average Bonchev–Trinajstić information content (AvgIpc) is 2.31. The lowest BCUT2D eigenvalue weighted by atomic mass is 10.3. The molecule has 0 saturated carbocycles. The number of aliphatic carboxylic acids is 1. The maximum Gasteiger partial charge on any atom is 0.309 e. The van der Waals surface area contributed by atoms with Gasteiger partial charge in [0, 0.05) is 5.69 Å². The van der Waals surface area contributed by atoms with Crippen LogP contribution in [0, 0.1) is 0 Å². The number of benzene rings is 1. The number of nitrogen functional groups attached to an aromatic ring is 1. The molecule has 0 heterocycles. The number of rotatable bonds is 7. The molecule has 0 atom stereocenters. The maximum absolute atomic E-state index is 11.2. The van der Waals surface area contributed by atoms with Crippen LogP contribution in [0.1, 0.15) is 12.8 Å². The van der Waals surface area contributed by atoms with Crippen molar-refractivity contribution in [2.24, 2.45) is 0 Å². The largest absolute Gasteiger partial charge is 0.493 e. The maximum atomic E-state index is 11.2. The van der Waals surface area contributed by atoms with Gasteiger partial charge in [-0.05, 0) is 24.3 Å². The number of ether oxygens (including phenoxy) is 2. The van der Waals surface area contributed by atoms with E-state index in [9.17, 15) is 9.59 Å². The Labute approximate surface area is 104 Å². The number of anilines is 1. The van der Waals surface area contributed by atoms with Crippen molar-refractivity contribution in [2.45, 2.75) is 12.8 Å². The Kier molecular flexibility index (Phi) is 5.50. The Hall–Kier alpha value is -2.24. The van der Waals surface area contributed by atoms with Crippen LogP contribution in [0.2, 0.25) is 0 Å². The van der Waals surface area contributed by atoms with E-state index in [1.807, 2.05) is 0 Å². The molecule has 0 aliphatic carbocycles. The topological polar surface area (TPSA) is 98.9 Å². The van der Waals surface area contributed by atoms with Crippen LogP contribution in [0.3, 0.4) is 0 Å². The Bertz CT molecular complexity index is 401. The van der Waals surface area contributed by atoms with E-state index in [1.54, 1.807) is 24.3 Å². The van der Waals surface area contributed by atoms with Crippen LogP contribution < -0.4 is 10.5 Å². The number of hydrogen-bond acceptors (Lipinski definition) is 5. The van der Waals surface area contributed by atoms with Gasteiger partial charge in [-0.3, -0.25) is 9.59 Å². The summed E-state index contributed by atoms with van der Waals surface area (Å²) in [5, 5.41) is 8.35. The van der Waals surface area contributed by atoms with E-state index in [-0.39, 0.29) is 26.1 Å². The van der Waals surface area contributed by atoms with Crippen LogP contribution in [0.25, 0.3) is 0 Å². The van der Waals surface area contributed by atoms with Crippen LogP contribution in [0.4, 0.5) is 5.69 Å². The van der Waals surface area contributed by atoms with E-state index < -0.39 is 11.9 Å². The normalized spacial score (nSPS) is 9.78. The second-order valence-corrected chi connectivity index (χ2v) is 3.53. The minimum Gasteiger partial charge on any atom is -0.493 e. The second kappa shape index (κ2) is 7.16. The number of carboxylic acid groups (broad SMARTS) is 1. The van der Waals surface area contributed by atoms with E-state index in [4.69, 9.17) is 20.3 Å². The Balaban J connectivity index is 2.15. The van der Waals surface area contributed by atoms with Gasteiger partial charge in [0.25, 0.3) is 0 Å². The lowest BCUT2D eigenvalue weighted by Gasteiger charge is -2.06. The molecule has 18 heavy (non-hydrogen) atoms. The number of carbonyl (C=O) groups excluding carboxylic acids is 1. The molecule has 0 aliphatic heterocycles. The van der Waals surface area contributed by atoms with Gasteiger partial charge in [0.15, 0.2) is 0 Å². The SMILES string of the molecule is Nc1ccc(OCCC(=O)OCCC(=O)O)cc1. The summed E-state index contributed by atoms with van der Waals surface area (Å²) in [6, 6.07) is 6.79. The number of carbonyl (C=O) groups is 2. The van der Waals surface area contributed by atoms with Crippen LogP contribution in [0.15, 0.2) is 24.3 Å². The predicted octanol–water partition coefficient (Wildman–Crippen LogP) is 1.06. The summed E-state index contributed by atoms with van der Waals surface area (Å²) < 4.78 is 9.98. The van der Waals surface area contributed by atoms with E-state index >= 15 is 0 Å². The van der Waals surface area contributed by atoms with E-state index in [0.29, 0.717) is 11.4 Å². The Morgan fingerprint density at radius 1 is 1.11 bits per heavy atom. The van der Waals surface area contributed by atoms with Crippen molar-refractivity contribution >= 4 is 17.6 Å². The molecule has 1 aromatic rings. The highest BCUT2D eigenvalue weighted by molar-refractivity contribution is 5.70. The molecule has 3 N–H and O–H groups in total. The molecular formula is C12H15NO5. The summed E-state index contributed by atoms with van der Waals surface area (Å²) in [5.74, 6) is -0.866. The first-order valence-corrected chi connectivity index (χ1v) is 5.43. The molecule has 6 heteroatoms. The molecule has 0 radical (unpaired) electrons. The quantitative estimate of drug-likeness (QED) is 0.556. The standard InChI is InChI=1S/C12H15NO5/c13-9-1-3-10(4-2-9)17-8-6-12(16)18-7-5-11(14)15/h1-4H,5-8,13H2,(H,14,15). The average molecular weight is 253 g/mol. The fourth-order valence-corrected chi connectivity index (χ4v) is 1.14. The first-order valence-electron chi connectivity index (χ1n) is 5.43. The van der Waals surface area contributed by atoms with Gasteiger partial charge in [0.05, 0.1) is 19.4 Å². The van der Waals surface area contributed by atoms with E-state index in [1.165, 1.54) is 0 Å². The molecule has 6 nitrogen and oxygen atoms in total.